The molecule has 1 aromatic carbocycles. The lowest BCUT2D eigenvalue weighted by Gasteiger charge is -2.26. The number of ether oxygens (including phenoxy) is 1. The van der Waals surface area contributed by atoms with E-state index in [1.54, 1.807) is 42.4 Å². The van der Waals surface area contributed by atoms with Gasteiger partial charge < -0.3 is 14.5 Å². The van der Waals surface area contributed by atoms with E-state index in [9.17, 15) is 14.0 Å². The van der Waals surface area contributed by atoms with Gasteiger partial charge in [-0.3, -0.25) is 14.3 Å². The Balaban J connectivity index is 1.78. The highest BCUT2D eigenvalue weighted by Gasteiger charge is 2.32. The number of aromatic nitrogens is 2. The largest absolute Gasteiger partial charge is 0.370 e. The Kier molecular flexibility index (Phi) is 6.64. The third kappa shape index (κ3) is 5.20. The normalized spacial score (nSPS) is 17.7. The molecule has 1 saturated heterocycles. The highest BCUT2D eigenvalue weighted by atomic mass is 19.1. The maximum Gasteiger partial charge on any atom is 0.272 e. The molecule has 2 amide bonds. The number of halogens is 1. The highest BCUT2D eigenvalue weighted by molar-refractivity contribution is 5.95. The lowest BCUT2D eigenvalue weighted by molar-refractivity contribution is -0.132. The van der Waals surface area contributed by atoms with Crippen LogP contribution in [0.25, 0.3) is 0 Å². The van der Waals surface area contributed by atoms with Crippen molar-refractivity contribution < 1.29 is 18.7 Å². The van der Waals surface area contributed by atoms with E-state index in [2.05, 4.69) is 5.10 Å². The molecule has 1 aliphatic heterocycles. The van der Waals surface area contributed by atoms with Gasteiger partial charge in [-0.25, -0.2) is 4.39 Å². The number of aryl methyl sites for hydroxylation is 1. The molecule has 3 rings (SSSR count). The zero-order valence-corrected chi connectivity index (χ0v) is 17.0. The Bertz CT molecular complexity index is 867. The van der Waals surface area contributed by atoms with Crippen LogP contribution in [0, 0.1) is 11.7 Å². The fourth-order valence-corrected chi connectivity index (χ4v) is 3.43. The topological polar surface area (TPSA) is 67.7 Å². The van der Waals surface area contributed by atoms with Gasteiger partial charge in [0.2, 0.25) is 5.91 Å². The second-order valence-corrected chi connectivity index (χ2v) is 7.74. The van der Waals surface area contributed by atoms with Gasteiger partial charge in [-0.15, -0.1) is 0 Å². The molecule has 1 atom stereocenters. The van der Waals surface area contributed by atoms with E-state index in [1.807, 2.05) is 13.8 Å². The highest BCUT2D eigenvalue weighted by Crippen LogP contribution is 2.16. The fraction of sp³-hybridized carbons (Fsp3) is 0.476. The van der Waals surface area contributed by atoms with Crippen molar-refractivity contribution in [1.82, 2.24) is 19.6 Å². The van der Waals surface area contributed by atoms with Crippen molar-refractivity contribution in [3.8, 4) is 0 Å². The van der Waals surface area contributed by atoms with Crippen LogP contribution in [0.5, 0.6) is 0 Å². The van der Waals surface area contributed by atoms with E-state index >= 15 is 0 Å². The standard InChI is InChI=1S/C21H27FN4O3/c1-15(2)10-25-11-17(29-14-16-6-4-5-7-18(16)22)12-26(13-20(25)27)21(28)19-8-9-23-24(19)3/h4-9,15,17H,10-14H2,1-3H3/t17-/m1/s1. The number of carbonyl (C=O) groups excluding carboxylic acids is 2. The van der Waals surface area contributed by atoms with Crippen LogP contribution in [0.1, 0.15) is 29.9 Å². The molecule has 29 heavy (non-hydrogen) atoms. The van der Waals surface area contributed by atoms with Crippen LogP contribution in [0.15, 0.2) is 36.5 Å². The molecule has 0 aliphatic carbocycles. The number of hydrogen-bond donors (Lipinski definition) is 0. The molecule has 1 aliphatic rings. The van der Waals surface area contributed by atoms with Crippen LogP contribution in [0.3, 0.4) is 0 Å². The number of benzene rings is 1. The van der Waals surface area contributed by atoms with Gasteiger partial charge in [0, 0.05) is 38.4 Å². The quantitative estimate of drug-likeness (QED) is 0.742. The summed E-state index contributed by atoms with van der Waals surface area (Å²) in [5.74, 6) is -0.444. The SMILES string of the molecule is CC(C)CN1C[C@@H](OCc2ccccc2F)CN(C(=O)c2ccnn2C)CC1=O. The van der Waals surface area contributed by atoms with Crippen LogP contribution in [-0.4, -0.2) is 63.7 Å². The zero-order chi connectivity index (χ0) is 21.0. The first-order valence-corrected chi connectivity index (χ1v) is 9.75. The van der Waals surface area contributed by atoms with Gasteiger partial charge in [-0.05, 0) is 18.1 Å². The fourth-order valence-electron chi connectivity index (χ4n) is 3.43. The molecule has 2 heterocycles. The van der Waals surface area contributed by atoms with Crippen molar-refractivity contribution in [1.29, 1.82) is 0 Å². The number of rotatable bonds is 6. The zero-order valence-electron chi connectivity index (χ0n) is 17.0. The molecular weight excluding hydrogens is 375 g/mol. The number of amides is 2. The average molecular weight is 402 g/mol. The third-order valence-corrected chi connectivity index (χ3v) is 4.87. The van der Waals surface area contributed by atoms with Crippen molar-refractivity contribution in [2.24, 2.45) is 13.0 Å². The number of nitrogens with zero attached hydrogens (tertiary/aromatic N) is 4. The van der Waals surface area contributed by atoms with Crippen molar-refractivity contribution in [3.63, 3.8) is 0 Å². The minimum atomic E-state index is -0.419. The van der Waals surface area contributed by atoms with Crippen LogP contribution in [-0.2, 0) is 23.2 Å². The molecule has 0 spiro atoms. The molecule has 1 aromatic heterocycles. The Labute approximate surface area is 170 Å². The predicted octanol–water partition coefficient (Wildman–Crippen LogP) is 2.08. The van der Waals surface area contributed by atoms with E-state index in [0.717, 1.165) is 0 Å². The van der Waals surface area contributed by atoms with Crippen molar-refractivity contribution in [3.05, 3.63) is 53.6 Å². The maximum absolute atomic E-state index is 14.0. The summed E-state index contributed by atoms with van der Waals surface area (Å²) in [5, 5.41) is 4.03. The Morgan fingerprint density at radius 2 is 2.03 bits per heavy atom. The monoisotopic (exact) mass is 402 g/mol. The van der Waals surface area contributed by atoms with Crippen molar-refractivity contribution >= 4 is 11.8 Å². The van der Waals surface area contributed by atoms with Crippen LogP contribution in [0.2, 0.25) is 0 Å². The van der Waals surface area contributed by atoms with Gasteiger partial charge in [0.05, 0.1) is 12.7 Å². The number of carbonyl (C=O) groups is 2. The second-order valence-electron chi connectivity index (χ2n) is 7.74. The van der Waals surface area contributed by atoms with E-state index in [4.69, 9.17) is 4.74 Å². The summed E-state index contributed by atoms with van der Waals surface area (Å²) in [6.45, 7) is 5.31. The molecule has 0 radical (unpaired) electrons. The summed E-state index contributed by atoms with van der Waals surface area (Å²) in [5.41, 5.74) is 0.853. The number of hydrogen-bond acceptors (Lipinski definition) is 4. The van der Waals surface area contributed by atoms with Gasteiger partial charge in [-0.2, -0.15) is 5.10 Å². The Hall–Kier alpha value is -2.74. The second kappa shape index (κ2) is 9.17. The molecular formula is C21H27FN4O3. The van der Waals surface area contributed by atoms with E-state index in [1.165, 1.54) is 15.6 Å². The smallest absolute Gasteiger partial charge is 0.272 e. The predicted molar refractivity (Wildman–Crippen MR) is 106 cm³/mol. The van der Waals surface area contributed by atoms with Crippen LogP contribution < -0.4 is 0 Å². The third-order valence-electron chi connectivity index (χ3n) is 4.87. The summed E-state index contributed by atoms with van der Waals surface area (Å²) in [4.78, 5) is 29.0. The first-order valence-electron chi connectivity index (χ1n) is 9.75. The molecule has 1 fully saturated rings. The molecule has 7 nitrogen and oxygen atoms in total. The molecule has 8 heteroatoms. The summed E-state index contributed by atoms with van der Waals surface area (Å²) < 4.78 is 21.4. The molecule has 0 bridgehead atoms. The lowest BCUT2D eigenvalue weighted by atomic mass is 10.2. The molecule has 156 valence electrons. The van der Waals surface area contributed by atoms with Crippen molar-refractivity contribution in [2.75, 3.05) is 26.2 Å². The molecule has 2 aromatic rings. The Morgan fingerprint density at radius 3 is 2.69 bits per heavy atom. The van der Waals surface area contributed by atoms with E-state index in [-0.39, 0.29) is 43.2 Å². The first kappa shape index (κ1) is 21.0. The van der Waals surface area contributed by atoms with Crippen LogP contribution >= 0.6 is 0 Å². The van der Waals surface area contributed by atoms with E-state index in [0.29, 0.717) is 24.3 Å². The minimum Gasteiger partial charge on any atom is -0.370 e. The van der Waals surface area contributed by atoms with Crippen LogP contribution in [0.4, 0.5) is 4.39 Å². The summed E-state index contributed by atoms with van der Waals surface area (Å²) >= 11 is 0. The van der Waals surface area contributed by atoms with Gasteiger partial charge >= 0.3 is 0 Å². The summed E-state index contributed by atoms with van der Waals surface area (Å²) in [6, 6.07) is 8.06. The summed E-state index contributed by atoms with van der Waals surface area (Å²) in [6.07, 6.45) is 1.13. The maximum atomic E-state index is 14.0. The average Bonchev–Trinajstić information content (AvgIpc) is 3.03. The summed E-state index contributed by atoms with van der Waals surface area (Å²) in [7, 11) is 1.68. The Morgan fingerprint density at radius 1 is 1.28 bits per heavy atom. The van der Waals surface area contributed by atoms with Gasteiger partial charge in [-0.1, -0.05) is 32.0 Å². The molecule has 0 N–H and O–H groups in total. The van der Waals surface area contributed by atoms with E-state index < -0.39 is 6.10 Å². The first-order chi connectivity index (χ1) is 13.8. The van der Waals surface area contributed by atoms with Gasteiger partial charge in [0.1, 0.15) is 18.1 Å². The van der Waals surface area contributed by atoms with Gasteiger partial charge in [0.25, 0.3) is 5.91 Å². The molecule has 0 unspecified atom stereocenters. The molecule has 0 saturated carbocycles. The van der Waals surface area contributed by atoms with Crippen molar-refractivity contribution in [2.45, 2.75) is 26.6 Å². The lowest BCUT2D eigenvalue weighted by Crippen LogP contribution is -2.41. The minimum absolute atomic E-state index is 0.0176. The van der Waals surface area contributed by atoms with Gasteiger partial charge in [0.15, 0.2) is 0 Å².